The van der Waals surface area contributed by atoms with Gasteiger partial charge in [0.1, 0.15) is 11.5 Å². The number of anilines is 1. The maximum Gasteiger partial charge on any atom is 0.291 e. The SMILES string of the molecule is CCOc1ccc(C2N(c3cc(C)on3)C(=O)C3CCC[NH+]32)cc1. The van der Waals surface area contributed by atoms with E-state index in [4.69, 9.17) is 9.26 Å². The number of aromatic nitrogens is 1. The molecule has 2 saturated heterocycles. The van der Waals surface area contributed by atoms with Gasteiger partial charge in [-0.15, -0.1) is 0 Å². The zero-order valence-electron chi connectivity index (χ0n) is 14.0. The molecule has 1 aromatic carbocycles. The number of aryl methyl sites for hydroxylation is 1. The molecule has 2 aliphatic heterocycles. The molecule has 1 amide bonds. The summed E-state index contributed by atoms with van der Waals surface area (Å²) in [5, 5.41) is 4.09. The van der Waals surface area contributed by atoms with Crippen LogP contribution in [0.2, 0.25) is 0 Å². The number of nitrogens with one attached hydrogen (secondary N) is 1. The van der Waals surface area contributed by atoms with Crippen molar-refractivity contribution in [1.29, 1.82) is 0 Å². The van der Waals surface area contributed by atoms with Crippen molar-refractivity contribution in [3.05, 3.63) is 41.7 Å². The third-order valence-electron chi connectivity index (χ3n) is 4.92. The summed E-state index contributed by atoms with van der Waals surface area (Å²) in [6.45, 7) is 5.46. The largest absolute Gasteiger partial charge is 0.494 e. The molecular weight excluding hydrogens is 306 g/mol. The highest BCUT2D eigenvalue weighted by molar-refractivity contribution is 5.97. The van der Waals surface area contributed by atoms with E-state index in [0.717, 1.165) is 30.7 Å². The maximum atomic E-state index is 12.9. The third-order valence-corrected chi connectivity index (χ3v) is 4.92. The fourth-order valence-corrected chi connectivity index (χ4v) is 3.93. The quantitative estimate of drug-likeness (QED) is 0.923. The zero-order chi connectivity index (χ0) is 16.7. The average Bonchev–Trinajstić information content (AvgIpc) is 3.26. The van der Waals surface area contributed by atoms with E-state index in [0.29, 0.717) is 18.2 Å². The fraction of sp³-hybridized carbons (Fsp3) is 0.444. The summed E-state index contributed by atoms with van der Waals surface area (Å²) >= 11 is 0. The van der Waals surface area contributed by atoms with Crippen molar-refractivity contribution >= 4 is 11.7 Å². The average molecular weight is 328 g/mol. The van der Waals surface area contributed by atoms with Crippen LogP contribution >= 0.6 is 0 Å². The van der Waals surface area contributed by atoms with Gasteiger partial charge in [-0.05, 0) is 38.1 Å². The van der Waals surface area contributed by atoms with Crippen molar-refractivity contribution in [2.24, 2.45) is 0 Å². The molecule has 3 atom stereocenters. The number of hydrogen-bond donors (Lipinski definition) is 1. The molecule has 2 aliphatic rings. The van der Waals surface area contributed by atoms with E-state index in [-0.39, 0.29) is 18.1 Å². The second-order valence-electron chi connectivity index (χ2n) is 6.43. The van der Waals surface area contributed by atoms with E-state index in [2.05, 4.69) is 17.3 Å². The summed E-state index contributed by atoms with van der Waals surface area (Å²) in [6.07, 6.45) is 1.98. The summed E-state index contributed by atoms with van der Waals surface area (Å²) in [6, 6.07) is 9.91. The Balaban J connectivity index is 1.72. The van der Waals surface area contributed by atoms with E-state index in [9.17, 15) is 4.79 Å². The van der Waals surface area contributed by atoms with Crippen molar-refractivity contribution in [2.75, 3.05) is 18.1 Å². The molecule has 0 spiro atoms. The Morgan fingerprint density at radius 3 is 2.83 bits per heavy atom. The van der Waals surface area contributed by atoms with Gasteiger partial charge >= 0.3 is 0 Å². The number of ether oxygens (including phenoxy) is 1. The lowest BCUT2D eigenvalue weighted by Crippen LogP contribution is -3.12. The Hall–Kier alpha value is -2.34. The summed E-state index contributed by atoms with van der Waals surface area (Å²) in [7, 11) is 0. The minimum absolute atomic E-state index is 0.0265. The van der Waals surface area contributed by atoms with Gasteiger partial charge in [-0.1, -0.05) is 5.16 Å². The van der Waals surface area contributed by atoms with Gasteiger partial charge in [-0.3, -0.25) is 4.79 Å². The van der Waals surface area contributed by atoms with Gasteiger partial charge in [0.25, 0.3) is 5.91 Å². The summed E-state index contributed by atoms with van der Waals surface area (Å²) in [5.41, 5.74) is 1.10. The highest BCUT2D eigenvalue weighted by Gasteiger charge is 2.54. The first-order valence-corrected chi connectivity index (χ1v) is 8.53. The molecule has 6 nitrogen and oxygen atoms in total. The highest BCUT2D eigenvalue weighted by Crippen LogP contribution is 2.31. The molecule has 4 rings (SSSR count). The van der Waals surface area contributed by atoms with Crippen LogP contribution in [-0.2, 0) is 4.79 Å². The Labute approximate surface area is 141 Å². The van der Waals surface area contributed by atoms with Crippen LogP contribution in [0, 0.1) is 6.92 Å². The monoisotopic (exact) mass is 328 g/mol. The van der Waals surface area contributed by atoms with Gasteiger partial charge in [0.05, 0.1) is 13.2 Å². The number of nitrogens with zero attached hydrogens (tertiary/aromatic N) is 2. The lowest BCUT2D eigenvalue weighted by Gasteiger charge is -2.24. The normalized spacial score (nSPS) is 26.0. The predicted molar refractivity (Wildman–Crippen MR) is 87.9 cm³/mol. The van der Waals surface area contributed by atoms with Gasteiger partial charge < -0.3 is 14.2 Å². The molecule has 0 saturated carbocycles. The van der Waals surface area contributed by atoms with E-state index in [1.54, 1.807) is 0 Å². The molecule has 0 aliphatic carbocycles. The zero-order valence-corrected chi connectivity index (χ0v) is 14.0. The lowest BCUT2D eigenvalue weighted by molar-refractivity contribution is -0.924. The Morgan fingerprint density at radius 1 is 1.38 bits per heavy atom. The predicted octanol–water partition coefficient (Wildman–Crippen LogP) is 1.47. The molecule has 1 aromatic heterocycles. The van der Waals surface area contributed by atoms with E-state index in [1.807, 2.05) is 36.9 Å². The first kappa shape index (κ1) is 15.2. The maximum absolute atomic E-state index is 12.9. The van der Waals surface area contributed by atoms with Crippen molar-refractivity contribution in [1.82, 2.24) is 5.16 Å². The van der Waals surface area contributed by atoms with Gasteiger partial charge in [-0.2, -0.15) is 0 Å². The van der Waals surface area contributed by atoms with Crippen LogP contribution in [0.5, 0.6) is 5.75 Å². The van der Waals surface area contributed by atoms with Crippen molar-refractivity contribution in [3.8, 4) is 5.75 Å². The lowest BCUT2D eigenvalue weighted by atomic mass is 10.1. The molecule has 3 unspecified atom stereocenters. The summed E-state index contributed by atoms with van der Waals surface area (Å²) < 4.78 is 10.7. The minimum Gasteiger partial charge on any atom is -0.494 e. The second-order valence-corrected chi connectivity index (χ2v) is 6.43. The number of carbonyl (C=O) groups is 1. The van der Waals surface area contributed by atoms with Crippen LogP contribution in [0.1, 0.15) is 37.3 Å². The Kier molecular flexibility index (Phi) is 3.76. The van der Waals surface area contributed by atoms with E-state index >= 15 is 0 Å². The molecule has 2 aromatic rings. The fourth-order valence-electron chi connectivity index (χ4n) is 3.93. The van der Waals surface area contributed by atoms with Crippen LogP contribution in [0.25, 0.3) is 0 Å². The van der Waals surface area contributed by atoms with Gasteiger partial charge in [-0.25, -0.2) is 4.90 Å². The number of hydrogen-bond acceptors (Lipinski definition) is 4. The third kappa shape index (κ3) is 2.38. The number of amides is 1. The van der Waals surface area contributed by atoms with E-state index < -0.39 is 0 Å². The number of benzene rings is 1. The number of quaternary nitrogens is 1. The molecule has 24 heavy (non-hydrogen) atoms. The van der Waals surface area contributed by atoms with Crippen molar-refractivity contribution < 1.29 is 19.0 Å². The Morgan fingerprint density at radius 2 is 2.17 bits per heavy atom. The second kappa shape index (κ2) is 5.94. The molecule has 3 heterocycles. The molecule has 2 fully saturated rings. The number of fused-ring (bicyclic) bond motifs is 1. The van der Waals surface area contributed by atoms with Crippen molar-refractivity contribution in [3.63, 3.8) is 0 Å². The van der Waals surface area contributed by atoms with Crippen LogP contribution in [0.4, 0.5) is 5.82 Å². The topological polar surface area (TPSA) is 60.0 Å². The Bertz CT molecular complexity index is 740. The number of rotatable bonds is 4. The minimum atomic E-state index is -0.0508. The first-order valence-electron chi connectivity index (χ1n) is 8.53. The van der Waals surface area contributed by atoms with Gasteiger partial charge in [0.15, 0.2) is 18.0 Å². The van der Waals surface area contributed by atoms with Crippen LogP contribution in [0.3, 0.4) is 0 Å². The highest BCUT2D eigenvalue weighted by atomic mass is 16.5. The van der Waals surface area contributed by atoms with E-state index in [1.165, 1.54) is 4.90 Å². The van der Waals surface area contributed by atoms with Crippen LogP contribution in [0.15, 0.2) is 34.9 Å². The molecular formula is C18H22N3O3+. The summed E-state index contributed by atoms with van der Waals surface area (Å²) in [4.78, 5) is 16.1. The number of carbonyl (C=O) groups excluding carboxylic acids is 1. The molecule has 1 N–H and O–H groups in total. The standard InChI is InChI=1S/C18H21N3O3/c1-3-23-14-8-6-13(7-9-14)17-20-10-4-5-15(20)18(22)21(17)16-11-12(2)24-19-16/h6-9,11,15,17H,3-5,10H2,1-2H3/p+1. The first-order chi connectivity index (χ1) is 11.7. The molecule has 126 valence electrons. The molecule has 0 bridgehead atoms. The summed E-state index contributed by atoms with van der Waals surface area (Å²) in [5.74, 6) is 2.32. The molecule has 6 heteroatoms. The van der Waals surface area contributed by atoms with Crippen LogP contribution < -0.4 is 14.5 Å². The van der Waals surface area contributed by atoms with Crippen LogP contribution in [-0.4, -0.2) is 30.3 Å². The van der Waals surface area contributed by atoms with Crippen molar-refractivity contribution in [2.45, 2.75) is 38.9 Å². The van der Waals surface area contributed by atoms with Gasteiger partial charge in [0, 0.05) is 24.5 Å². The smallest absolute Gasteiger partial charge is 0.291 e. The molecule has 0 radical (unpaired) electrons. The van der Waals surface area contributed by atoms with Gasteiger partial charge in [0.2, 0.25) is 0 Å².